The first-order valence-electron chi connectivity index (χ1n) is 8.48. The number of nitrogens with one attached hydrogen (secondary N) is 1. The lowest BCUT2D eigenvalue weighted by Crippen LogP contribution is -2.17. The van der Waals surface area contributed by atoms with Gasteiger partial charge >= 0.3 is 6.36 Å². The summed E-state index contributed by atoms with van der Waals surface area (Å²) in [6.07, 6.45) is -1.55. The average Bonchev–Trinajstić information content (AvgIpc) is 2.67. The molecule has 0 aliphatic carbocycles. The van der Waals surface area contributed by atoms with Gasteiger partial charge in [-0.05, 0) is 24.3 Å². The van der Waals surface area contributed by atoms with Crippen LogP contribution < -0.4 is 15.8 Å². The Morgan fingerprint density at radius 3 is 2.55 bits per heavy atom. The Morgan fingerprint density at radius 2 is 1.76 bits per heavy atom. The minimum atomic E-state index is -4.77. The van der Waals surface area contributed by atoms with Gasteiger partial charge in [-0.2, -0.15) is 4.98 Å². The second-order valence-electron chi connectivity index (χ2n) is 6.11. The first-order valence-corrected chi connectivity index (χ1v) is 8.48. The molecule has 146 valence electrons. The van der Waals surface area contributed by atoms with Gasteiger partial charge < -0.3 is 15.8 Å². The van der Waals surface area contributed by atoms with Crippen LogP contribution in [0.15, 0.2) is 67.0 Å². The molecule has 0 amide bonds. The average molecular weight is 397 g/mol. The normalized spacial score (nSPS) is 11.4. The number of hydrogen-bond acceptors (Lipinski definition) is 6. The Hall–Kier alpha value is -3.88. The summed E-state index contributed by atoms with van der Waals surface area (Å²) in [4.78, 5) is 12.8. The maximum Gasteiger partial charge on any atom is 0.573 e. The fraction of sp³-hybridized carbons (Fsp3) is 0.0500. The van der Waals surface area contributed by atoms with Crippen molar-refractivity contribution in [1.29, 1.82) is 0 Å². The van der Waals surface area contributed by atoms with Crippen molar-refractivity contribution in [3.05, 3.63) is 67.0 Å². The molecule has 4 rings (SSSR count). The van der Waals surface area contributed by atoms with Crippen LogP contribution in [0.4, 0.5) is 30.6 Å². The molecule has 0 aliphatic heterocycles. The Morgan fingerprint density at radius 1 is 0.931 bits per heavy atom. The number of nitrogens with two attached hydrogens (primary N) is 1. The molecule has 2 aromatic carbocycles. The third-order valence-corrected chi connectivity index (χ3v) is 4.04. The Kier molecular flexibility index (Phi) is 4.63. The van der Waals surface area contributed by atoms with Crippen LogP contribution in [0.5, 0.6) is 5.75 Å². The van der Waals surface area contributed by atoms with Gasteiger partial charge in [0.2, 0.25) is 5.95 Å². The van der Waals surface area contributed by atoms with Crippen molar-refractivity contribution in [3.63, 3.8) is 0 Å². The highest BCUT2D eigenvalue weighted by Crippen LogP contribution is 2.29. The Balaban J connectivity index is 1.58. The molecule has 0 spiro atoms. The molecule has 9 heteroatoms. The van der Waals surface area contributed by atoms with Gasteiger partial charge in [-0.3, -0.25) is 4.98 Å². The molecule has 0 saturated carbocycles. The van der Waals surface area contributed by atoms with Crippen LogP contribution >= 0.6 is 0 Å². The van der Waals surface area contributed by atoms with E-state index in [0.29, 0.717) is 11.3 Å². The highest BCUT2D eigenvalue weighted by atomic mass is 19.4. The van der Waals surface area contributed by atoms with E-state index in [0.717, 1.165) is 16.5 Å². The summed E-state index contributed by atoms with van der Waals surface area (Å²) in [5.74, 6) is 0.000708. The molecule has 0 radical (unpaired) electrons. The summed E-state index contributed by atoms with van der Waals surface area (Å²) in [6, 6.07) is 15.0. The minimum Gasteiger partial charge on any atom is -0.406 e. The van der Waals surface area contributed by atoms with Gasteiger partial charge in [0.1, 0.15) is 11.6 Å². The number of benzene rings is 2. The van der Waals surface area contributed by atoms with Crippen molar-refractivity contribution < 1.29 is 17.9 Å². The molecule has 29 heavy (non-hydrogen) atoms. The number of fused-ring (bicyclic) bond motifs is 1. The second kappa shape index (κ2) is 7.27. The summed E-state index contributed by atoms with van der Waals surface area (Å²) in [7, 11) is 0. The largest absolute Gasteiger partial charge is 0.573 e. The quantitative estimate of drug-likeness (QED) is 0.509. The summed E-state index contributed by atoms with van der Waals surface area (Å²) in [5.41, 5.74) is 8.61. The van der Waals surface area contributed by atoms with Crippen LogP contribution in [0, 0.1) is 0 Å². The number of aromatic nitrogens is 3. The van der Waals surface area contributed by atoms with Crippen LogP contribution in [-0.4, -0.2) is 21.3 Å². The van der Waals surface area contributed by atoms with Crippen LogP contribution in [0.1, 0.15) is 0 Å². The molecule has 2 aromatic heterocycles. The first-order chi connectivity index (χ1) is 13.9. The molecule has 0 saturated heterocycles. The molecule has 0 fully saturated rings. The van der Waals surface area contributed by atoms with E-state index >= 15 is 0 Å². The smallest absolute Gasteiger partial charge is 0.406 e. The monoisotopic (exact) mass is 397 g/mol. The van der Waals surface area contributed by atoms with E-state index in [-0.39, 0.29) is 17.5 Å². The second-order valence-corrected chi connectivity index (χ2v) is 6.11. The number of nitrogens with zero attached hydrogens (tertiary/aromatic N) is 3. The van der Waals surface area contributed by atoms with E-state index in [9.17, 15) is 13.2 Å². The number of nitrogen functional groups attached to an aromatic ring is 1. The molecule has 0 unspecified atom stereocenters. The number of anilines is 3. The van der Waals surface area contributed by atoms with Crippen LogP contribution in [0.3, 0.4) is 0 Å². The third kappa shape index (κ3) is 4.34. The lowest BCUT2D eigenvalue weighted by Gasteiger charge is -2.11. The lowest BCUT2D eigenvalue weighted by molar-refractivity contribution is -0.274. The summed E-state index contributed by atoms with van der Waals surface area (Å²) in [6.45, 7) is 0. The first kappa shape index (κ1) is 18.5. The highest BCUT2D eigenvalue weighted by Gasteiger charge is 2.31. The number of ether oxygens (including phenoxy) is 1. The highest BCUT2D eigenvalue weighted by molar-refractivity contribution is 5.85. The molecule has 4 aromatic rings. The van der Waals surface area contributed by atoms with Crippen LogP contribution in [0.2, 0.25) is 0 Å². The topological polar surface area (TPSA) is 86.0 Å². The summed E-state index contributed by atoms with van der Waals surface area (Å²) >= 11 is 0. The number of rotatable bonds is 4. The van der Waals surface area contributed by atoms with Crippen molar-refractivity contribution in [2.45, 2.75) is 6.36 Å². The number of para-hydroxylation sites is 1. The zero-order valence-electron chi connectivity index (χ0n) is 14.8. The lowest BCUT2D eigenvalue weighted by atomic mass is 10.1. The predicted octanol–water partition coefficient (Wildman–Crippen LogP) is 4.92. The molecule has 0 bridgehead atoms. The van der Waals surface area contributed by atoms with Crippen molar-refractivity contribution in [2.75, 3.05) is 11.1 Å². The molecule has 0 aliphatic rings. The predicted molar refractivity (Wildman–Crippen MR) is 104 cm³/mol. The maximum absolute atomic E-state index is 12.4. The van der Waals surface area contributed by atoms with E-state index < -0.39 is 6.36 Å². The van der Waals surface area contributed by atoms with Gasteiger partial charge in [-0.1, -0.05) is 24.3 Å². The minimum absolute atomic E-state index is 0.143. The number of hydrogen-bond donors (Lipinski definition) is 2. The van der Waals surface area contributed by atoms with Crippen LogP contribution in [-0.2, 0) is 0 Å². The van der Waals surface area contributed by atoms with E-state index in [1.807, 2.05) is 30.3 Å². The van der Waals surface area contributed by atoms with Gasteiger partial charge in [-0.25, -0.2) is 4.98 Å². The van der Waals surface area contributed by atoms with E-state index in [2.05, 4.69) is 25.0 Å². The zero-order valence-corrected chi connectivity index (χ0v) is 14.8. The van der Waals surface area contributed by atoms with E-state index in [1.54, 1.807) is 12.3 Å². The SMILES string of the molecule is Nc1nc(Nc2cccc(OC(F)(F)F)c2)ncc1-c1cnc2ccccc2c1. The van der Waals surface area contributed by atoms with Gasteiger partial charge in [0.05, 0.1) is 5.52 Å². The maximum atomic E-state index is 12.4. The standard InChI is InChI=1S/C20H14F3N5O/c21-20(22,23)29-15-6-3-5-14(9-15)27-19-26-11-16(18(24)28-19)13-8-12-4-1-2-7-17(12)25-10-13/h1-11H,(H3,24,26,27,28). The molecule has 2 heterocycles. The van der Waals surface area contributed by atoms with Crippen molar-refractivity contribution >= 4 is 28.4 Å². The van der Waals surface area contributed by atoms with Gasteiger partial charge in [0.15, 0.2) is 0 Å². The Labute approximate surface area is 163 Å². The van der Waals surface area contributed by atoms with Gasteiger partial charge in [-0.15, -0.1) is 13.2 Å². The van der Waals surface area contributed by atoms with E-state index in [4.69, 9.17) is 5.73 Å². The van der Waals surface area contributed by atoms with Crippen molar-refractivity contribution in [2.24, 2.45) is 0 Å². The fourth-order valence-electron chi connectivity index (χ4n) is 2.80. The number of halogens is 3. The summed E-state index contributed by atoms with van der Waals surface area (Å²) < 4.78 is 41.0. The molecule has 3 N–H and O–H groups in total. The Bertz CT molecular complexity index is 1180. The van der Waals surface area contributed by atoms with Gasteiger partial charge in [0.25, 0.3) is 0 Å². The van der Waals surface area contributed by atoms with Crippen molar-refractivity contribution in [1.82, 2.24) is 15.0 Å². The summed E-state index contributed by atoms with van der Waals surface area (Å²) in [5, 5.41) is 3.77. The fourth-order valence-corrected chi connectivity index (χ4v) is 2.80. The number of alkyl halides is 3. The molecule has 6 nitrogen and oxygen atoms in total. The number of pyridine rings is 1. The third-order valence-electron chi connectivity index (χ3n) is 4.04. The molecule has 0 atom stereocenters. The zero-order chi connectivity index (χ0) is 20.4. The van der Waals surface area contributed by atoms with Crippen LogP contribution in [0.25, 0.3) is 22.0 Å². The van der Waals surface area contributed by atoms with Gasteiger partial charge in [0, 0.05) is 40.7 Å². The van der Waals surface area contributed by atoms with E-state index in [1.165, 1.54) is 24.4 Å². The molecular formula is C20H14F3N5O. The molecular weight excluding hydrogens is 383 g/mol. The van der Waals surface area contributed by atoms with Crippen molar-refractivity contribution in [3.8, 4) is 16.9 Å².